The molecule has 0 radical (unpaired) electrons. The summed E-state index contributed by atoms with van der Waals surface area (Å²) in [5.41, 5.74) is 2.49. The predicted molar refractivity (Wildman–Crippen MR) is 64.4 cm³/mol. The first-order valence-corrected chi connectivity index (χ1v) is 5.30. The van der Waals surface area contributed by atoms with Gasteiger partial charge >= 0.3 is 0 Å². The molecule has 0 aliphatic heterocycles. The van der Waals surface area contributed by atoms with Gasteiger partial charge in [0.2, 0.25) is 0 Å². The number of halogens is 1. The molecule has 0 N–H and O–H groups in total. The zero-order chi connectivity index (χ0) is 10.4. The summed E-state index contributed by atoms with van der Waals surface area (Å²) in [6, 6.07) is 8.35. The highest BCUT2D eigenvalue weighted by Crippen LogP contribution is 2.09. The fourth-order valence-corrected chi connectivity index (χ4v) is 1.50. The van der Waals surface area contributed by atoms with Gasteiger partial charge in [-0.25, -0.2) is 4.99 Å². The molecule has 1 rings (SSSR count). The average molecular weight is 226 g/mol. The number of aryl methyl sites for hydroxylation is 1. The largest absolute Gasteiger partial charge is 0.231 e. The van der Waals surface area contributed by atoms with Gasteiger partial charge in [0.25, 0.3) is 0 Å². The van der Waals surface area contributed by atoms with Crippen LogP contribution in [0.15, 0.2) is 29.3 Å². The van der Waals surface area contributed by atoms with Crippen molar-refractivity contribution in [1.29, 1.82) is 0 Å². The molecule has 1 atom stereocenters. The third kappa shape index (κ3) is 4.01. The Labute approximate surface area is 94.8 Å². The molecular formula is C11H12ClNS. The molecule has 1 nitrogen and oxygen atoms in total. The first-order valence-electron chi connectivity index (χ1n) is 4.45. The lowest BCUT2D eigenvalue weighted by Gasteiger charge is -2.05. The van der Waals surface area contributed by atoms with Crippen molar-refractivity contribution in [3.05, 3.63) is 35.4 Å². The average Bonchev–Trinajstić information content (AvgIpc) is 2.18. The number of benzene rings is 1. The topological polar surface area (TPSA) is 12.4 Å². The smallest absolute Gasteiger partial charge is 0.0660 e. The third-order valence-corrected chi connectivity index (χ3v) is 2.35. The van der Waals surface area contributed by atoms with E-state index in [1.54, 1.807) is 0 Å². The van der Waals surface area contributed by atoms with Gasteiger partial charge in [0.1, 0.15) is 0 Å². The molecule has 0 saturated heterocycles. The molecule has 0 bridgehead atoms. The van der Waals surface area contributed by atoms with Gasteiger partial charge in [-0.2, -0.15) is 0 Å². The molecule has 14 heavy (non-hydrogen) atoms. The molecule has 0 fully saturated rings. The van der Waals surface area contributed by atoms with Crippen molar-refractivity contribution >= 4 is 29.0 Å². The number of hydrogen-bond donors (Lipinski definition) is 0. The molecule has 0 heterocycles. The molecule has 0 aliphatic rings. The monoisotopic (exact) mass is 225 g/mol. The second kappa shape index (κ2) is 5.92. The van der Waals surface area contributed by atoms with E-state index >= 15 is 0 Å². The van der Waals surface area contributed by atoms with Crippen LogP contribution in [0.25, 0.3) is 0 Å². The fourth-order valence-electron chi connectivity index (χ4n) is 1.18. The van der Waals surface area contributed by atoms with Crippen LogP contribution in [0, 0.1) is 6.92 Å². The lowest BCUT2D eigenvalue weighted by molar-refractivity contribution is 0.847. The van der Waals surface area contributed by atoms with Crippen molar-refractivity contribution in [1.82, 2.24) is 0 Å². The van der Waals surface area contributed by atoms with Gasteiger partial charge in [0.05, 0.1) is 17.1 Å². The summed E-state index contributed by atoms with van der Waals surface area (Å²) in [4.78, 5) is 3.82. The van der Waals surface area contributed by atoms with Gasteiger partial charge in [-0.3, -0.25) is 0 Å². The van der Waals surface area contributed by atoms with Crippen molar-refractivity contribution in [3.8, 4) is 0 Å². The lowest BCUT2D eigenvalue weighted by atomic mass is 10.1. The van der Waals surface area contributed by atoms with Crippen molar-refractivity contribution in [2.45, 2.75) is 18.7 Å². The second-order valence-corrected chi connectivity index (χ2v) is 4.02. The Kier molecular flexibility index (Phi) is 4.81. The zero-order valence-corrected chi connectivity index (χ0v) is 9.61. The highest BCUT2D eigenvalue weighted by molar-refractivity contribution is 7.78. The first kappa shape index (κ1) is 11.4. The minimum absolute atomic E-state index is 0.00755. The van der Waals surface area contributed by atoms with Crippen LogP contribution >= 0.6 is 23.8 Å². The van der Waals surface area contributed by atoms with Gasteiger partial charge in [-0.15, -0.1) is 11.6 Å². The van der Waals surface area contributed by atoms with Crippen molar-refractivity contribution in [3.63, 3.8) is 0 Å². The Hall–Kier alpha value is -0.690. The Morgan fingerprint density at radius 3 is 2.64 bits per heavy atom. The van der Waals surface area contributed by atoms with Crippen LogP contribution < -0.4 is 0 Å². The summed E-state index contributed by atoms with van der Waals surface area (Å²) in [7, 11) is 0. The maximum absolute atomic E-state index is 6.05. The van der Waals surface area contributed by atoms with Gasteiger partial charge in [-0.05, 0) is 31.1 Å². The van der Waals surface area contributed by atoms with Crippen molar-refractivity contribution in [2.24, 2.45) is 4.99 Å². The van der Waals surface area contributed by atoms with Crippen LogP contribution in [0.2, 0.25) is 0 Å². The summed E-state index contributed by atoms with van der Waals surface area (Å²) < 4.78 is 0. The van der Waals surface area contributed by atoms with E-state index in [2.05, 4.69) is 53.6 Å². The Morgan fingerprint density at radius 1 is 1.43 bits per heavy atom. The number of aliphatic imine (C=N–C) groups is 1. The van der Waals surface area contributed by atoms with Crippen LogP contribution in [0.1, 0.15) is 11.1 Å². The predicted octanol–water partition coefficient (Wildman–Crippen LogP) is 3.25. The molecule has 1 aromatic carbocycles. The normalized spacial score (nSPS) is 11.9. The van der Waals surface area contributed by atoms with E-state index in [1.807, 2.05) is 0 Å². The molecule has 0 saturated carbocycles. The molecule has 1 unspecified atom stereocenters. The van der Waals surface area contributed by atoms with Gasteiger partial charge < -0.3 is 0 Å². The highest BCUT2D eigenvalue weighted by Gasteiger charge is 2.04. The van der Waals surface area contributed by atoms with E-state index in [1.165, 1.54) is 11.1 Å². The standard InChI is InChI=1S/C11H12ClNS/c1-9-2-4-10(5-3-9)6-11(12)7-13-8-14/h2-5,11H,6-7H2,1H3. The number of isothiocyanates is 1. The minimum atomic E-state index is 0.00755. The SMILES string of the molecule is Cc1ccc(CC(Cl)CN=C=S)cc1. The van der Waals surface area contributed by atoms with E-state index in [0.717, 1.165) is 6.42 Å². The number of rotatable bonds is 4. The summed E-state index contributed by atoms with van der Waals surface area (Å²) in [5, 5.41) is 2.32. The van der Waals surface area contributed by atoms with E-state index in [-0.39, 0.29) is 5.38 Å². The molecule has 0 aromatic heterocycles. The minimum Gasteiger partial charge on any atom is -0.231 e. The maximum Gasteiger partial charge on any atom is 0.0660 e. The van der Waals surface area contributed by atoms with Crippen LogP contribution in [0.5, 0.6) is 0 Å². The van der Waals surface area contributed by atoms with Crippen LogP contribution in [-0.4, -0.2) is 17.1 Å². The molecule has 74 valence electrons. The quantitative estimate of drug-likeness (QED) is 0.435. The van der Waals surface area contributed by atoms with Gasteiger partial charge in [0.15, 0.2) is 0 Å². The highest BCUT2D eigenvalue weighted by atomic mass is 35.5. The molecule has 0 aliphatic carbocycles. The number of alkyl halides is 1. The molecule has 0 amide bonds. The third-order valence-electron chi connectivity index (χ3n) is 1.93. The molecule has 0 spiro atoms. The molecule has 1 aromatic rings. The molecule has 3 heteroatoms. The second-order valence-electron chi connectivity index (χ2n) is 3.22. The van der Waals surface area contributed by atoms with E-state index in [0.29, 0.717) is 6.54 Å². The summed E-state index contributed by atoms with van der Waals surface area (Å²) in [5.74, 6) is 0. The van der Waals surface area contributed by atoms with Gasteiger partial charge in [-0.1, -0.05) is 29.8 Å². The Morgan fingerprint density at radius 2 is 2.07 bits per heavy atom. The maximum atomic E-state index is 6.05. The molecular weight excluding hydrogens is 214 g/mol. The number of thiocarbonyl (C=S) groups is 1. The summed E-state index contributed by atoms with van der Waals surface area (Å²) >= 11 is 10.5. The number of hydrogen-bond acceptors (Lipinski definition) is 2. The summed E-state index contributed by atoms with van der Waals surface area (Å²) in [6.45, 7) is 2.61. The van der Waals surface area contributed by atoms with Gasteiger partial charge in [0, 0.05) is 0 Å². The first-order chi connectivity index (χ1) is 6.72. The van der Waals surface area contributed by atoms with Crippen molar-refractivity contribution < 1.29 is 0 Å². The lowest BCUT2D eigenvalue weighted by Crippen LogP contribution is -2.07. The van der Waals surface area contributed by atoms with Crippen molar-refractivity contribution in [2.75, 3.05) is 6.54 Å². The van der Waals surface area contributed by atoms with E-state index < -0.39 is 0 Å². The Bertz CT molecular complexity index is 328. The fraction of sp³-hybridized carbons (Fsp3) is 0.364. The number of nitrogens with zero attached hydrogens (tertiary/aromatic N) is 1. The van der Waals surface area contributed by atoms with E-state index in [4.69, 9.17) is 11.6 Å². The Balaban J connectivity index is 2.51. The van der Waals surface area contributed by atoms with E-state index in [9.17, 15) is 0 Å². The summed E-state index contributed by atoms with van der Waals surface area (Å²) in [6.07, 6.45) is 0.822. The zero-order valence-electron chi connectivity index (χ0n) is 8.03. The van der Waals surface area contributed by atoms with Crippen LogP contribution in [0.4, 0.5) is 0 Å². The van der Waals surface area contributed by atoms with Crippen LogP contribution in [-0.2, 0) is 6.42 Å². The van der Waals surface area contributed by atoms with Crippen LogP contribution in [0.3, 0.4) is 0 Å².